The molecule has 4 aliphatic rings. The van der Waals surface area contributed by atoms with Gasteiger partial charge in [0.1, 0.15) is 0 Å². The van der Waals surface area contributed by atoms with E-state index in [1.54, 1.807) is 7.11 Å². The number of carbonyl (C=O) groups is 1. The number of carbonyl (C=O) groups excluding carboxylic acids is 1. The Morgan fingerprint density at radius 3 is 2.52 bits per heavy atom. The van der Waals surface area contributed by atoms with Gasteiger partial charge in [0, 0.05) is 45.2 Å². The van der Waals surface area contributed by atoms with Gasteiger partial charge < -0.3 is 19.6 Å². The molecular formula is C22H38N2O3. The molecule has 154 valence electrons. The van der Waals surface area contributed by atoms with E-state index in [2.05, 4.69) is 9.80 Å². The van der Waals surface area contributed by atoms with Gasteiger partial charge in [-0.15, -0.1) is 0 Å². The lowest BCUT2D eigenvalue weighted by Gasteiger charge is -2.52. The van der Waals surface area contributed by atoms with Gasteiger partial charge in [0.25, 0.3) is 0 Å². The first-order chi connectivity index (χ1) is 13.1. The summed E-state index contributed by atoms with van der Waals surface area (Å²) in [7, 11) is 1.69. The quantitative estimate of drug-likeness (QED) is 0.799. The van der Waals surface area contributed by atoms with Crippen molar-refractivity contribution < 1.29 is 14.6 Å². The number of ether oxygens (including phenoxy) is 1. The Morgan fingerprint density at radius 2 is 1.81 bits per heavy atom. The average molecular weight is 379 g/mol. The van der Waals surface area contributed by atoms with E-state index >= 15 is 0 Å². The maximum absolute atomic E-state index is 13.2. The lowest BCUT2D eigenvalue weighted by Crippen LogP contribution is -2.61. The van der Waals surface area contributed by atoms with Gasteiger partial charge in [0.15, 0.2) is 0 Å². The van der Waals surface area contributed by atoms with E-state index in [4.69, 9.17) is 4.74 Å². The molecule has 0 radical (unpaired) electrons. The average Bonchev–Trinajstić information content (AvgIpc) is 3.46. The Bertz CT molecular complexity index is 530. The molecule has 2 atom stereocenters. The molecule has 2 saturated carbocycles. The Hall–Kier alpha value is -0.650. The second kappa shape index (κ2) is 8.00. The molecular weight excluding hydrogens is 340 g/mol. The van der Waals surface area contributed by atoms with Crippen molar-refractivity contribution in [3.05, 3.63) is 0 Å². The van der Waals surface area contributed by atoms with Crippen molar-refractivity contribution in [1.29, 1.82) is 0 Å². The fraction of sp³-hybridized carbons (Fsp3) is 0.955. The molecule has 1 spiro atoms. The van der Waals surface area contributed by atoms with Gasteiger partial charge in [0.05, 0.1) is 18.1 Å². The van der Waals surface area contributed by atoms with Gasteiger partial charge in [0.2, 0.25) is 5.91 Å². The molecule has 4 fully saturated rings. The SMILES string of the molecule is COCC1(C(=O)N2CCC[C@@]3(CN(CC4CCCCC4)CC[C@H]3O)C2)CC1. The van der Waals surface area contributed by atoms with Crippen molar-refractivity contribution in [3.63, 3.8) is 0 Å². The van der Waals surface area contributed by atoms with E-state index in [0.29, 0.717) is 6.61 Å². The molecule has 5 nitrogen and oxygen atoms in total. The van der Waals surface area contributed by atoms with Crippen LogP contribution in [-0.4, -0.2) is 73.4 Å². The summed E-state index contributed by atoms with van der Waals surface area (Å²) in [6.45, 7) is 5.30. The summed E-state index contributed by atoms with van der Waals surface area (Å²) in [5.41, 5.74) is -0.376. The van der Waals surface area contributed by atoms with Crippen LogP contribution in [0.4, 0.5) is 0 Å². The van der Waals surface area contributed by atoms with Crippen molar-refractivity contribution in [2.75, 3.05) is 46.4 Å². The van der Waals surface area contributed by atoms with Gasteiger partial charge in [-0.1, -0.05) is 19.3 Å². The molecule has 0 unspecified atom stereocenters. The summed E-state index contributed by atoms with van der Waals surface area (Å²) >= 11 is 0. The summed E-state index contributed by atoms with van der Waals surface area (Å²) in [5, 5.41) is 10.9. The zero-order valence-electron chi connectivity index (χ0n) is 17.1. The number of nitrogens with zero attached hydrogens (tertiary/aromatic N) is 2. The molecule has 2 saturated heterocycles. The zero-order chi connectivity index (χ0) is 18.9. The summed E-state index contributed by atoms with van der Waals surface area (Å²) in [4.78, 5) is 17.8. The van der Waals surface area contributed by atoms with Crippen LogP contribution in [0.15, 0.2) is 0 Å². The van der Waals surface area contributed by atoms with E-state index in [9.17, 15) is 9.90 Å². The van der Waals surface area contributed by atoms with Crippen molar-refractivity contribution in [2.24, 2.45) is 16.7 Å². The summed E-state index contributed by atoms with van der Waals surface area (Å²) < 4.78 is 5.34. The van der Waals surface area contributed by atoms with Gasteiger partial charge in [-0.3, -0.25) is 4.79 Å². The molecule has 0 aromatic carbocycles. The van der Waals surface area contributed by atoms with E-state index in [1.165, 1.54) is 38.6 Å². The van der Waals surface area contributed by atoms with Crippen LogP contribution in [0.3, 0.4) is 0 Å². The fourth-order valence-electron chi connectivity index (χ4n) is 6.05. The summed E-state index contributed by atoms with van der Waals surface area (Å²) in [6, 6.07) is 0. The molecule has 27 heavy (non-hydrogen) atoms. The number of piperidine rings is 2. The number of methoxy groups -OCH3 is 1. The first-order valence-corrected chi connectivity index (χ1v) is 11.3. The van der Waals surface area contributed by atoms with Crippen molar-refractivity contribution >= 4 is 5.91 Å². The maximum Gasteiger partial charge on any atom is 0.231 e. The normalized spacial score (nSPS) is 34.7. The van der Waals surface area contributed by atoms with Crippen LogP contribution in [-0.2, 0) is 9.53 Å². The highest BCUT2D eigenvalue weighted by Crippen LogP contribution is 2.49. The number of hydrogen-bond donors (Lipinski definition) is 1. The van der Waals surface area contributed by atoms with Crippen LogP contribution in [0.5, 0.6) is 0 Å². The number of amides is 1. The lowest BCUT2D eigenvalue weighted by atomic mass is 9.71. The highest BCUT2D eigenvalue weighted by atomic mass is 16.5. The van der Waals surface area contributed by atoms with Crippen LogP contribution in [0.1, 0.15) is 64.2 Å². The number of aliphatic hydroxyl groups excluding tert-OH is 1. The van der Waals surface area contributed by atoms with Crippen LogP contribution < -0.4 is 0 Å². The standard InChI is InChI=1S/C22H38N2O3/c1-27-17-21(10-11-21)20(26)24-12-5-9-22(16-24)15-23(13-8-19(22)25)14-18-6-3-2-4-7-18/h18-19,25H,2-17H2,1H3/t19-,22-/m1/s1. The minimum atomic E-state index is -0.270. The Kier molecular flexibility index (Phi) is 5.82. The van der Waals surface area contributed by atoms with Crippen LogP contribution in [0.2, 0.25) is 0 Å². The lowest BCUT2D eigenvalue weighted by molar-refractivity contribution is -0.149. The largest absolute Gasteiger partial charge is 0.392 e. The first kappa shape index (κ1) is 19.7. The van der Waals surface area contributed by atoms with Crippen LogP contribution in [0.25, 0.3) is 0 Å². The predicted molar refractivity (Wildman–Crippen MR) is 105 cm³/mol. The van der Waals surface area contributed by atoms with E-state index < -0.39 is 0 Å². The first-order valence-electron chi connectivity index (χ1n) is 11.3. The third-order valence-electron chi connectivity index (χ3n) is 7.83. The maximum atomic E-state index is 13.2. The number of aliphatic hydroxyl groups is 1. The fourth-order valence-corrected chi connectivity index (χ4v) is 6.05. The smallest absolute Gasteiger partial charge is 0.231 e. The van der Waals surface area contributed by atoms with Gasteiger partial charge in [-0.05, 0) is 50.9 Å². The minimum Gasteiger partial charge on any atom is -0.392 e. The molecule has 5 heteroatoms. The van der Waals surface area contributed by atoms with E-state index in [-0.39, 0.29) is 22.8 Å². The molecule has 2 heterocycles. The van der Waals surface area contributed by atoms with Gasteiger partial charge in [-0.2, -0.15) is 0 Å². The summed E-state index contributed by atoms with van der Waals surface area (Å²) in [6.07, 6.45) is 11.5. The minimum absolute atomic E-state index is 0.121. The Morgan fingerprint density at radius 1 is 1.04 bits per heavy atom. The van der Waals surface area contributed by atoms with Crippen LogP contribution in [0, 0.1) is 16.7 Å². The Labute approximate surface area is 164 Å². The molecule has 2 aliphatic heterocycles. The van der Waals surface area contributed by atoms with Crippen molar-refractivity contribution in [1.82, 2.24) is 9.80 Å². The molecule has 1 amide bonds. The zero-order valence-corrected chi connectivity index (χ0v) is 17.1. The van der Waals surface area contributed by atoms with Crippen molar-refractivity contribution in [3.8, 4) is 0 Å². The van der Waals surface area contributed by atoms with Crippen LogP contribution >= 0.6 is 0 Å². The highest BCUT2D eigenvalue weighted by molar-refractivity contribution is 5.85. The third kappa shape index (κ3) is 4.06. The molecule has 1 N–H and O–H groups in total. The van der Waals surface area contributed by atoms with Gasteiger partial charge >= 0.3 is 0 Å². The van der Waals surface area contributed by atoms with E-state index in [0.717, 1.165) is 64.2 Å². The molecule has 0 bridgehead atoms. The van der Waals surface area contributed by atoms with Gasteiger partial charge in [-0.25, -0.2) is 0 Å². The van der Waals surface area contributed by atoms with Crippen molar-refractivity contribution in [2.45, 2.75) is 70.3 Å². The predicted octanol–water partition coefficient (Wildman–Crippen LogP) is 2.67. The number of rotatable bonds is 5. The van der Waals surface area contributed by atoms with E-state index in [1.807, 2.05) is 0 Å². The second-order valence-electron chi connectivity index (χ2n) is 9.95. The number of hydrogen-bond acceptors (Lipinski definition) is 4. The monoisotopic (exact) mass is 378 g/mol. The second-order valence-corrected chi connectivity index (χ2v) is 9.95. The molecule has 4 rings (SSSR count). The summed E-state index contributed by atoms with van der Waals surface area (Å²) in [5.74, 6) is 1.11. The molecule has 0 aromatic rings. The Balaban J connectivity index is 1.41. The highest BCUT2D eigenvalue weighted by Gasteiger charge is 2.54. The topological polar surface area (TPSA) is 53.0 Å². The third-order valence-corrected chi connectivity index (χ3v) is 7.83. The molecule has 2 aliphatic carbocycles. The molecule has 0 aromatic heterocycles. The number of likely N-dealkylation sites (tertiary alicyclic amines) is 2.